The van der Waals surface area contributed by atoms with Crippen molar-refractivity contribution < 1.29 is 14.3 Å². The maximum absolute atomic E-state index is 12.1. The Morgan fingerprint density at radius 1 is 1.60 bits per heavy atom. The van der Waals surface area contributed by atoms with Crippen LogP contribution < -0.4 is 9.64 Å². The minimum absolute atomic E-state index is 0.00324. The number of ether oxygens (including phenoxy) is 1. The maximum Gasteiger partial charge on any atom is 0.265 e. The molecule has 0 aromatic heterocycles. The molecule has 1 aliphatic rings. The Balaban J connectivity index is 2.40. The van der Waals surface area contributed by atoms with Crippen molar-refractivity contribution in [3.05, 3.63) is 34.2 Å². The predicted octanol–water partition coefficient (Wildman–Crippen LogP) is 2.31. The van der Waals surface area contributed by atoms with Gasteiger partial charge in [-0.1, -0.05) is 5.11 Å². The highest BCUT2D eigenvalue weighted by Crippen LogP contribution is 2.33. The quantitative estimate of drug-likeness (QED) is 0.365. The molecular formula is C13H14N4O3. The Labute approximate surface area is 115 Å². The van der Waals surface area contributed by atoms with E-state index >= 15 is 0 Å². The lowest BCUT2D eigenvalue weighted by atomic mass is 10.0. The molecule has 20 heavy (non-hydrogen) atoms. The van der Waals surface area contributed by atoms with E-state index < -0.39 is 6.04 Å². The van der Waals surface area contributed by atoms with Crippen molar-refractivity contribution in [1.82, 2.24) is 0 Å². The highest BCUT2D eigenvalue weighted by atomic mass is 16.5. The number of Topliss-reactive ketones (excluding diaryl/α,β-unsaturated/α-hetero) is 1. The largest absolute Gasteiger partial charge is 0.482 e. The molecule has 0 aliphatic carbocycles. The van der Waals surface area contributed by atoms with Crippen LogP contribution >= 0.6 is 0 Å². The predicted molar refractivity (Wildman–Crippen MR) is 72.9 cm³/mol. The Morgan fingerprint density at radius 2 is 2.35 bits per heavy atom. The second kappa shape index (κ2) is 5.63. The molecule has 1 atom stereocenters. The summed E-state index contributed by atoms with van der Waals surface area (Å²) in [6, 6.07) is 4.07. The third-order valence-electron chi connectivity index (χ3n) is 3.11. The summed E-state index contributed by atoms with van der Waals surface area (Å²) in [6.45, 7) is 3.88. The van der Waals surface area contributed by atoms with Gasteiger partial charge in [0.2, 0.25) is 0 Å². The van der Waals surface area contributed by atoms with E-state index in [0.29, 0.717) is 23.5 Å². The summed E-state index contributed by atoms with van der Waals surface area (Å²) in [6.07, 6.45) is 0. The Kier molecular flexibility index (Phi) is 3.91. The molecule has 1 aliphatic heterocycles. The number of likely N-dealkylation sites (N-methyl/N-ethyl adjacent to an activating group) is 1. The topological polar surface area (TPSA) is 95.4 Å². The molecule has 7 heteroatoms. The fraction of sp³-hybridized carbons (Fsp3) is 0.385. The van der Waals surface area contributed by atoms with Gasteiger partial charge in [-0.05, 0) is 37.6 Å². The number of fused-ring (bicyclic) bond motifs is 1. The Bertz CT molecular complexity index is 608. The van der Waals surface area contributed by atoms with Crippen LogP contribution in [0, 0.1) is 0 Å². The molecule has 0 saturated carbocycles. The molecule has 0 N–H and O–H groups in total. The van der Waals surface area contributed by atoms with Crippen LogP contribution in [-0.4, -0.2) is 30.9 Å². The average Bonchev–Trinajstić information content (AvgIpc) is 2.46. The van der Waals surface area contributed by atoms with Gasteiger partial charge in [0.25, 0.3) is 5.91 Å². The number of amides is 1. The van der Waals surface area contributed by atoms with Crippen LogP contribution in [0.25, 0.3) is 10.4 Å². The smallest absolute Gasteiger partial charge is 0.265 e. The highest BCUT2D eigenvalue weighted by Gasteiger charge is 2.25. The summed E-state index contributed by atoms with van der Waals surface area (Å²) >= 11 is 0. The second-order valence-corrected chi connectivity index (χ2v) is 4.35. The number of carbonyl (C=O) groups excluding carboxylic acids is 2. The van der Waals surface area contributed by atoms with Gasteiger partial charge in [0.1, 0.15) is 5.75 Å². The summed E-state index contributed by atoms with van der Waals surface area (Å²) in [5.74, 6) is 0.131. The molecule has 1 unspecified atom stereocenters. The van der Waals surface area contributed by atoms with Gasteiger partial charge in [0.15, 0.2) is 12.4 Å². The zero-order valence-corrected chi connectivity index (χ0v) is 11.2. The lowest BCUT2D eigenvalue weighted by Crippen LogP contribution is -2.38. The molecule has 104 valence electrons. The summed E-state index contributed by atoms with van der Waals surface area (Å²) in [5.41, 5.74) is 9.33. The third-order valence-corrected chi connectivity index (χ3v) is 3.11. The van der Waals surface area contributed by atoms with Crippen LogP contribution in [0.3, 0.4) is 0 Å². The fourth-order valence-electron chi connectivity index (χ4n) is 2.07. The molecule has 7 nitrogen and oxygen atoms in total. The zero-order valence-electron chi connectivity index (χ0n) is 11.2. The molecule has 1 heterocycles. The van der Waals surface area contributed by atoms with E-state index in [1.165, 1.54) is 6.92 Å². The molecule has 0 fully saturated rings. The van der Waals surface area contributed by atoms with E-state index in [1.807, 2.05) is 6.92 Å². The molecule has 0 spiro atoms. The Hall–Kier alpha value is -2.53. The van der Waals surface area contributed by atoms with Gasteiger partial charge >= 0.3 is 0 Å². The third kappa shape index (κ3) is 2.44. The van der Waals surface area contributed by atoms with Crippen molar-refractivity contribution in [3.63, 3.8) is 0 Å². The minimum atomic E-state index is -0.784. The standard InChI is InChI=1S/C13H14N4O3/c1-3-17-10-6-9(13(19)8(2)15-16-14)4-5-11(10)20-7-12(17)18/h4-6,8H,3,7H2,1-2H3. The second-order valence-electron chi connectivity index (χ2n) is 4.35. The number of benzene rings is 1. The number of hydrogen-bond donors (Lipinski definition) is 0. The number of azide groups is 1. The Morgan fingerprint density at radius 3 is 3.00 bits per heavy atom. The van der Waals surface area contributed by atoms with Crippen molar-refractivity contribution in [2.75, 3.05) is 18.1 Å². The number of ketones is 1. The summed E-state index contributed by atoms with van der Waals surface area (Å²) < 4.78 is 5.33. The van der Waals surface area contributed by atoms with Crippen molar-refractivity contribution >= 4 is 17.4 Å². The molecular weight excluding hydrogens is 260 g/mol. The van der Waals surface area contributed by atoms with Crippen LogP contribution in [0.2, 0.25) is 0 Å². The fourth-order valence-corrected chi connectivity index (χ4v) is 2.07. The van der Waals surface area contributed by atoms with Crippen molar-refractivity contribution in [1.29, 1.82) is 0 Å². The SMILES string of the molecule is CCN1C(=O)COc2ccc(C(=O)C(C)N=[N+]=[N-])cc21. The van der Waals surface area contributed by atoms with E-state index in [9.17, 15) is 9.59 Å². The van der Waals surface area contributed by atoms with E-state index in [-0.39, 0.29) is 18.3 Å². The molecule has 1 amide bonds. The van der Waals surface area contributed by atoms with Gasteiger partial charge in [-0.3, -0.25) is 9.59 Å². The number of hydrogen-bond acceptors (Lipinski definition) is 4. The van der Waals surface area contributed by atoms with Gasteiger partial charge < -0.3 is 9.64 Å². The first kappa shape index (κ1) is 13.9. The van der Waals surface area contributed by atoms with Gasteiger partial charge in [-0.15, -0.1) is 0 Å². The minimum Gasteiger partial charge on any atom is -0.482 e. The number of rotatable bonds is 4. The van der Waals surface area contributed by atoms with Gasteiger partial charge in [-0.25, -0.2) is 0 Å². The summed E-state index contributed by atoms with van der Waals surface area (Å²) in [5, 5.41) is 3.39. The summed E-state index contributed by atoms with van der Waals surface area (Å²) in [4.78, 5) is 28.0. The van der Waals surface area contributed by atoms with Crippen molar-refractivity contribution in [2.24, 2.45) is 5.11 Å². The molecule has 0 saturated heterocycles. The lowest BCUT2D eigenvalue weighted by molar-refractivity contribution is -0.121. The maximum atomic E-state index is 12.1. The van der Waals surface area contributed by atoms with Crippen molar-refractivity contribution in [3.8, 4) is 5.75 Å². The van der Waals surface area contributed by atoms with Crippen LogP contribution in [0.15, 0.2) is 23.3 Å². The van der Waals surface area contributed by atoms with Crippen LogP contribution in [0.1, 0.15) is 24.2 Å². The van der Waals surface area contributed by atoms with Crippen LogP contribution in [0.4, 0.5) is 5.69 Å². The normalized spacial score (nSPS) is 14.9. The number of carbonyl (C=O) groups is 2. The lowest BCUT2D eigenvalue weighted by Gasteiger charge is -2.28. The van der Waals surface area contributed by atoms with Crippen molar-refractivity contribution in [2.45, 2.75) is 19.9 Å². The molecule has 1 aromatic rings. The summed E-state index contributed by atoms with van der Waals surface area (Å²) in [7, 11) is 0. The monoisotopic (exact) mass is 274 g/mol. The average molecular weight is 274 g/mol. The van der Waals surface area contributed by atoms with E-state index in [2.05, 4.69) is 10.0 Å². The molecule has 2 rings (SSSR count). The first-order valence-corrected chi connectivity index (χ1v) is 6.24. The van der Waals surface area contributed by atoms with Gasteiger partial charge in [-0.2, -0.15) is 0 Å². The molecule has 0 bridgehead atoms. The van der Waals surface area contributed by atoms with E-state index in [0.717, 1.165) is 0 Å². The highest BCUT2D eigenvalue weighted by molar-refractivity contribution is 6.03. The zero-order chi connectivity index (χ0) is 14.7. The van der Waals surface area contributed by atoms with Gasteiger partial charge in [0.05, 0.1) is 11.7 Å². The van der Waals surface area contributed by atoms with Crippen LogP contribution in [-0.2, 0) is 4.79 Å². The van der Waals surface area contributed by atoms with E-state index in [1.54, 1.807) is 23.1 Å². The first-order chi connectivity index (χ1) is 9.58. The van der Waals surface area contributed by atoms with Crippen LogP contribution in [0.5, 0.6) is 5.75 Å². The van der Waals surface area contributed by atoms with E-state index in [4.69, 9.17) is 10.3 Å². The molecule has 0 radical (unpaired) electrons. The molecule has 1 aromatic carbocycles. The first-order valence-electron chi connectivity index (χ1n) is 6.24. The number of anilines is 1. The number of nitrogens with zero attached hydrogens (tertiary/aromatic N) is 4. The van der Waals surface area contributed by atoms with Gasteiger partial charge in [0, 0.05) is 17.0 Å².